The number of anilines is 1. The minimum Gasteiger partial charge on any atom is -0.352 e. The minimum absolute atomic E-state index is 0.0361. The fourth-order valence-corrected chi connectivity index (χ4v) is 6.84. The number of amides is 3. The lowest BCUT2D eigenvalue weighted by Gasteiger charge is -2.34. The van der Waals surface area contributed by atoms with Crippen LogP contribution in [0.3, 0.4) is 0 Å². The summed E-state index contributed by atoms with van der Waals surface area (Å²) in [5.41, 5.74) is 3.37. The molecule has 0 unspecified atom stereocenters. The first-order valence-corrected chi connectivity index (χ1v) is 16.1. The van der Waals surface area contributed by atoms with Gasteiger partial charge in [-0.25, -0.2) is 0 Å². The topological polar surface area (TPSA) is 69.7 Å². The fraction of sp³-hybridized carbons (Fsp3) is 0.324. The lowest BCUT2D eigenvalue weighted by Crippen LogP contribution is -2.53. The van der Waals surface area contributed by atoms with Crippen LogP contribution in [0.15, 0.2) is 91.0 Å². The summed E-state index contributed by atoms with van der Waals surface area (Å²) in [6, 6.07) is 28.5. The van der Waals surface area contributed by atoms with Crippen molar-refractivity contribution in [2.75, 3.05) is 11.4 Å². The number of benzene rings is 4. The van der Waals surface area contributed by atoms with E-state index in [1.807, 2.05) is 91.0 Å². The Morgan fingerprint density at radius 1 is 0.886 bits per heavy atom. The Kier molecular flexibility index (Phi) is 9.27. The van der Waals surface area contributed by atoms with Crippen LogP contribution >= 0.6 is 11.6 Å². The third-order valence-corrected chi connectivity index (χ3v) is 9.31. The first kappa shape index (κ1) is 29.9. The van der Waals surface area contributed by atoms with Gasteiger partial charge in [-0.1, -0.05) is 104 Å². The number of rotatable bonds is 11. The third kappa shape index (κ3) is 6.51. The van der Waals surface area contributed by atoms with Gasteiger partial charge in [0.05, 0.1) is 5.69 Å². The van der Waals surface area contributed by atoms with Gasteiger partial charge in [0.15, 0.2) is 0 Å². The Balaban J connectivity index is 1.24. The SMILES string of the molecule is O=C(NC1CCCCC1)[C@H](Cc1ccccc1)N(Cc1ccccc1Cl)C(=O)CCCN1C(=O)c2cccc3cccc1c23. The first-order valence-electron chi connectivity index (χ1n) is 15.7. The van der Waals surface area contributed by atoms with Gasteiger partial charge in [-0.05, 0) is 54.0 Å². The van der Waals surface area contributed by atoms with Crippen LogP contribution in [0.25, 0.3) is 10.8 Å². The average Bonchev–Trinajstić information content (AvgIpc) is 3.32. The van der Waals surface area contributed by atoms with Crippen molar-refractivity contribution in [2.45, 2.75) is 70.0 Å². The van der Waals surface area contributed by atoms with Gasteiger partial charge in [-0.15, -0.1) is 0 Å². The zero-order chi connectivity index (χ0) is 30.5. The first-order chi connectivity index (χ1) is 21.5. The number of carbonyl (C=O) groups is 3. The highest BCUT2D eigenvalue weighted by molar-refractivity contribution is 6.31. The molecule has 3 amide bonds. The van der Waals surface area contributed by atoms with Crippen molar-refractivity contribution in [3.8, 4) is 0 Å². The number of nitrogens with one attached hydrogen (secondary N) is 1. The maximum absolute atomic E-state index is 14.2. The molecular formula is C37H38ClN3O3. The second kappa shape index (κ2) is 13.6. The molecule has 6 rings (SSSR count). The van der Waals surface area contributed by atoms with E-state index in [0.717, 1.165) is 53.3 Å². The summed E-state index contributed by atoms with van der Waals surface area (Å²) in [5.74, 6) is -0.295. The van der Waals surface area contributed by atoms with E-state index >= 15 is 0 Å². The van der Waals surface area contributed by atoms with E-state index in [1.54, 1.807) is 9.80 Å². The zero-order valence-corrected chi connectivity index (χ0v) is 25.6. The molecule has 0 spiro atoms. The van der Waals surface area contributed by atoms with E-state index in [-0.39, 0.29) is 36.7 Å². The molecule has 0 radical (unpaired) electrons. The second-order valence-corrected chi connectivity index (χ2v) is 12.3. The molecule has 1 N–H and O–H groups in total. The number of nitrogens with zero attached hydrogens (tertiary/aromatic N) is 2. The lowest BCUT2D eigenvalue weighted by atomic mass is 9.94. The highest BCUT2D eigenvalue weighted by atomic mass is 35.5. The van der Waals surface area contributed by atoms with Crippen LogP contribution in [0.4, 0.5) is 5.69 Å². The van der Waals surface area contributed by atoms with Gasteiger partial charge in [0.25, 0.3) is 5.91 Å². The van der Waals surface area contributed by atoms with E-state index in [0.29, 0.717) is 30.0 Å². The van der Waals surface area contributed by atoms with Gasteiger partial charge in [-0.2, -0.15) is 0 Å². The molecule has 1 atom stereocenters. The van der Waals surface area contributed by atoms with Crippen LogP contribution in [0.2, 0.25) is 5.02 Å². The molecule has 1 heterocycles. The van der Waals surface area contributed by atoms with Crippen molar-refractivity contribution in [1.82, 2.24) is 10.2 Å². The van der Waals surface area contributed by atoms with Gasteiger partial charge < -0.3 is 15.1 Å². The quantitative estimate of drug-likeness (QED) is 0.194. The van der Waals surface area contributed by atoms with E-state index in [2.05, 4.69) is 5.32 Å². The Morgan fingerprint density at radius 3 is 2.39 bits per heavy atom. The summed E-state index contributed by atoms with van der Waals surface area (Å²) < 4.78 is 0. The van der Waals surface area contributed by atoms with E-state index in [9.17, 15) is 14.4 Å². The van der Waals surface area contributed by atoms with Gasteiger partial charge in [0, 0.05) is 47.9 Å². The summed E-state index contributed by atoms with van der Waals surface area (Å²) in [4.78, 5) is 45.0. The Morgan fingerprint density at radius 2 is 1.61 bits per heavy atom. The number of carbonyl (C=O) groups excluding carboxylic acids is 3. The van der Waals surface area contributed by atoms with Crippen LogP contribution in [-0.2, 0) is 22.6 Å². The number of halogens is 1. The smallest absolute Gasteiger partial charge is 0.258 e. The molecule has 0 bridgehead atoms. The standard InChI is InChI=1S/C37H38ClN3O3/c38-31-20-8-7-14-28(31)25-41(33(24-26-12-3-1-4-13-26)36(43)39-29-17-5-2-6-18-29)34(42)22-11-23-40-32-21-10-16-27-15-9-19-30(35(27)32)37(40)44/h1,3-4,7-10,12-16,19-21,29,33H,2,5-6,11,17-18,22-25H2,(H,39,43)/t33-/m0/s1. The van der Waals surface area contributed by atoms with Crippen molar-refractivity contribution in [1.29, 1.82) is 0 Å². The summed E-state index contributed by atoms with van der Waals surface area (Å²) in [5, 5.41) is 5.84. The minimum atomic E-state index is -0.700. The van der Waals surface area contributed by atoms with Crippen LogP contribution in [-0.4, -0.2) is 41.2 Å². The molecule has 0 saturated heterocycles. The lowest BCUT2D eigenvalue weighted by molar-refractivity contribution is -0.141. The summed E-state index contributed by atoms with van der Waals surface area (Å²) in [6.45, 7) is 0.636. The largest absolute Gasteiger partial charge is 0.352 e. The van der Waals surface area contributed by atoms with Crippen LogP contribution in [0.1, 0.15) is 66.4 Å². The molecule has 44 heavy (non-hydrogen) atoms. The average molecular weight is 608 g/mol. The van der Waals surface area contributed by atoms with Gasteiger partial charge in [0.1, 0.15) is 6.04 Å². The van der Waals surface area contributed by atoms with Crippen LogP contribution in [0.5, 0.6) is 0 Å². The molecule has 7 heteroatoms. The van der Waals surface area contributed by atoms with Crippen molar-refractivity contribution < 1.29 is 14.4 Å². The maximum Gasteiger partial charge on any atom is 0.258 e. The molecule has 1 aliphatic carbocycles. The molecule has 1 fully saturated rings. The van der Waals surface area contributed by atoms with Gasteiger partial charge >= 0.3 is 0 Å². The summed E-state index contributed by atoms with van der Waals surface area (Å²) in [6.07, 6.45) is 6.38. The zero-order valence-electron chi connectivity index (χ0n) is 24.9. The van der Waals surface area contributed by atoms with Gasteiger partial charge in [-0.3, -0.25) is 14.4 Å². The van der Waals surface area contributed by atoms with Crippen LogP contribution < -0.4 is 10.2 Å². The molecule has 2 aliphatic rings. The summed E-state index contributed by atoms with van der Waals surface area (Å²) in [7, 11) is 0. The second-order valence-electron chi connectivity index (χ2n) is 11.9. The highest BCUT2D eigenvalue weighted by Gasteiger charge is 2.33. The van der Waals surface area contributed by atoms with Crippen molar-refractivity contribution in [3.05, 3.63) is 113 Å². The van der Waals surface area contributed by atoms with Gasteiger partial charge in [0.2, 0.25) is 11.8 Å². The Bertz CT molecular complexity index is 1650. The molecule has 0 aromatic heterocycles. The Hall–Kier alpha value is -4.16. The fourth-order valence-electron chi connectivity index (χ4n) is 6.64. The van der Waals surface area contributed by atoms with Crippen molar-refractivity contribution >= 4 is 45.8 Å². The monoisotopic (exact) mass is 607 g/mol. The van der Waals surface area contributed by atoms with Crippen molar-refractivity contribution in [2.24, 2.45) is 0 Å². The molecular weight excluding hydrogens is 570 g/mol. The highest BCUT2D eigenvalue weighted by Crippen LogP contribution is 2.37. The maximum atomic E-state index is 14.2. The van der Waals surface area contributed by atoms with E-state index in [1.165, 1.54) is 6.42 Å². The predicted octanol–water partition coefficient (Wildman–Crippen LogP) is 7.32. The molecule has 6 nitrogen and oxygen atoms in total. The molecule has 1 saturated carbocycles. The number of hydrogen-bond acceptors (Lipinski definition) is 3. The normalized spacial score (nSPS) is 15.4. The van der Waals surface area contributed by atoms with E-state index in [4.69, 9.17) is 11.6 Å². The molecule has 4 aromatic carbocycles. The molecule has 226 valence electrons. The predicted molar refractivity (Wildman–Crippen MR) is 176 cm³/mol. The molecule has 1 aliphatic heterocycles. The van der Waals surface area contributed by atoms with Crippen LogP contribution in [0, 0.1) is 0 Å². The number of hydrogen-bond donors (Lipinski definition) is 1. The molecule has 4 aromatic rings. The summed E-state index contributed by atoms with van der Waals surface area (Å²) >= 11 is 6.58. The third-order valence-electron chi connectivity index (χ3n) is 8.94. The Labute approximate surface area is 264 Å². The van der Waals surface area contributed by atoms with E-state index < -0.39 is 6.04 Å². The van der Waals surface area contributed by atoms with Crippen molar-refractivity contribution in [3.63, 3.8) is 0 Å².